The molecule has 1 aliphatic rings. The number of H-pyrrole nitrogens is 1. The molecule has 3 N–H and O–H groups in total. The lowest BCUT2D eigenvalue weighted by Gasteiger charge is -2.15. The van der Waals surface area contributed by atoms with E-state index in [4.69, 9.17) is 0 Å². The van der Waals surface area contributed by atoms with Crippen molar-refractivity contribution in [2.45, 2.75) is 25.3 Å². The molecule has 1 unspecified atom stereocenters. The van der Waals surface area contributed by atoms with E-state index in [2.05, 4.69) is 26.7 Å². The molecule has 1 atom stereocenters. The van der Waals surface area contributed by atoms with Crippen LogP contribution in [0.2, 0.25) is 0 Å². The van der Waals surface area contributed by atoms with Crippen LogP contribution >= 0.6 is 0 Å². The van der Waals surface area contributed by atoms with Crippen LogP contribution in [0.4, 0.5) is 5.95 Å². The third-order valence-corrected chi connectivity index (χ3v) is 3.28. The lowest BCUT2D eigenvalue weighted by Crippen LogP contribution is -2.31. The van der Waals surface area contributed by atoms with Crippen molar-refractivity contribution in [2.75, 3.05) is 18.4 Å². The monoisotopic (exact) mass is 230 g/mol. The van der Waals surface area contributed by atoms with Crippen molar-refractivity contribution in [1.82, 2.24) is 15.3 Å². The molecule has 2 heterocycles. The van der Waals surface area contributed by atoms with E-state index in [1.165, 1.54) is 19.3 Å². The van der Waals surface area contributed by atoms with Crippen LogP contribution in [-0.4, -0.2) is 29.1 Å². The molecule has 4 heteroatoms. The number of hydrogen-bond acceptors (Lipinski definition) is 3. The third kappa shape index (κ3) is 2.42. The van der Waals surface area contributed by atoms with Gasteiger partial charge in [-0.25, -0.2) is 4.98 Å². The zero-order chi connectivity index (χ0) is 11.5. The first-order chi connectivity index (χ1) is 8.42. The summed E-state index contributed by atoms with van der Waals surface area (Å²) in [4.78, 5) is 7.86. The van der Waals surface area contributed by atoms with E-state index in [1.807, 2.05) is 18.2 Å². The summed E-state index contributed by atoms with van der Waals surface area (Å²) in [5.74, 6) is 0.889. The average molecular weight is 230 g/mol. The molecule has 3 rings (SSSR count). The second kappa shape index (κ2) is 4.75. The maximum atomic E-state index is 4.54. The van der Waals surface area contributed by atoms with Crippen LogP contribution in [0.5, 0.6) is 0 Å². The molecule has 1 fully saturated rings. The molecule has 0 bridgehead atoms. The van der Waals surface area contributed by atoms with Crippen molar-refractivity contribution in [2.24, 2.45) is 0 Å². The number of aromatic nitrogens is 2. The molecule has 90 valence electrons. The van der Waals surface area contributed by atoms with Gasteiger partial charge >= 0.3 is 0 Å². The first-order valence-electron chi connectivity index (χ1n) is 6.34. The van der Waals surface area contributed by atoms with Crippen LogP contribution in [0.15, 0.2) is 24.3 Å². The highest BCUT2D eigenvalue weighted by Gasteiger charge is 2.12. The fourth-order valence-corrected chi connectivity index (χ4v) is 2.36. The largest absolute Gasteiger partial charge is 0.352 e. The standard InChI is InChI=1S/C13H18N4/c1-2-7-12-11(6-1)16-13(17-12)15-10-5-3-4-8-14-9-10/h1-2,6-7,10,14H,3-5,8-9H2,(H2,15,16,17). The van der Waals surface area contributed by atoms with Crippen LogP contribution in [0.3, 0.4) is 0 Å². The molecular weight excluding hydrogens is 212 g/mol. The van der Waals surface area contributed by atoms with E-state index in [-0.39, 0.29) is 0 Å². The maximum absolute atomic E-state index is 4.54. The van der Waals surface area contributed by atoms with E-state index in [9.17, 15) is 0 Å². The number of fused-ring (bicyclic) bond motifs is 1. The first kappa shape index (κ1) is 10.6. The lowest BCUT2D eigenvalue weighted by atomic mass is 10.1. The number of para-hydroxylation sites is 2. The molecule has 0 aliphatic carbocycles. The van der Waals surface area contributed by atoms with Crippen molar-refractivity contribution in [3.63, 3.8) is 0 Å². The minimum atomic E-state index is 0.484. The summed E-state index contributed by atoms with van der Waals surface area (Å²) in [6, 6.07) is 8.61. The van der Waals surface area contributed by atoms with Crippen molar-refractivity contribution in [3.8, 4) is 0 Å². The van der Waals surface area contributed by atoms with Gasteiger partial charge in [0.15, 0.2) is 0 Å². The fourth-order valence-electron chi connectivity index (χ4n) is 2.36. The summed E-state index contributed by atoms with van der Waals surface area (Å²) < 4.78 is 0. The minimum Gasteiger partial charge on any atom is -0.352 e. The summed E-state index contributed by atoms with van der Waals surface area (Å²) in [5, 5.41) is 6.93. The second-order valence-corrected chi connectivity index (χ2v) is 4.64. The van der Waals surface area contributed by atoms with E-state index in [1.54, 1.807) is 0 Å². The molecule has 2 aromatic rings. The zero-order valence-electron chi connectivity index (χ0n) is 9.87. The summed E-state index contributed by atoms with van der Waals surface area (Å²) >= 11 is 0. The van der Waals surface area contributed by atoms with Crippen LogP contribution in [-0.2, 0) is 0 Å². The van der Waals surface area contributed by atoms with Crippen LogP contribution in [0.1, 0.15) is 19.3 Å². The molecule has 0 spiro atoms. The van der Waals surface area contributed by atoms with Crippen molar-refractivity contribution < 1.29 is 0 Å². The number of anilines is 1. The van der Waals surface area contributed by atoms with Gasteiger partial charge in [0.2, 0.25) is 5.95 Å². The Balaban J connectivity index is 1.75. The number of hydrogen-bond donors (Lipinski definition) is 3. The van der Waals surface area contributed by atoms with Crippen LogP contribution in [0.25, 0.3) is 11.0 Å². The Morgan fingerprint density at radius 2 is 2.18 bits per heavy atom. The second-order valence-electron chi connectivity index (χ2n) is 4.64. The zero-order valence-corrected chi connectivity index (χ0v) is 9.87. The van der Waals surface area contributed by atoms with Gasteiger partial charge in [-0.3, -0.25) is 0 Å². The maximum Gasteiger partial charge on any atom is 0.201 e. The van der Waals surface area contributed by atoms with Gasteiger partial charge in [0.1, 0.15) is 0 Å². The van der Waals surface area contributed by atoms with Crippen LogP contribution in [0, 0.1) is 0 Å². The SMILES string of the molecule is c1ccc2[nH]c(NC3CCCCNC3)nc2c1. The van der Waals surface area contributed by atoms with E-state index < -0.39 is 0 Å². The van der Waals surface area contributed by atoms with E-state index >= 15 is 0 Å². The number of benzene rings is 1. The van der Waals surface area contributed by atoms with Gasteiger partial charge in [-0.2, -0.15) is 0 Å². The molecule has 1 saturated heterocycles. The van der Waals surface area contributed by atoms with Gasteiger partial charge in [0, 0.05) is 12.6 Å². The van der Waals surface area contributed by atoms with Gasteiger partial charge in [-0.1, -0.05) is 18.6 Å². The Kier molecular flexibility index (Phi) is 2.96. The molecule has 1 aromatic heterocycles. The van der Waals surface area contributed by atoms with Crippen molar-refractivity contribution >= 4 is 17.0 Å². The number of aromatic amines is 1. The molecule has 17 heavy (non-hydrogen) atoms. The Hall–Kier alpha value is -1.55. The number of rotatable bonds is 2. The highest BCUT2D eigenvalue weighted by molar-refractivity contribution is 5.77. The summed E-state index contributed by atoms with van der Waals surface area (Å²) in [6.07, 6.45) is 3.77. The smallest absolute Gasteiger partial charge is 0.201 e. The summed E-state index contributed by atoms with van der Waals surface area (Å²) in [5.41, 5.74) is 2.12. The number of imidazole rings is 1. The highest BCUT2D eigenvalue weighted by Crippen LogP contribution is 2.15. The molecule has 4 nitrogen and oxygen atoms in total. The van der Waals surface area contributed by atoms with Gasteiger partial charge in [0.25, 0.3) is 0 Å². The predicted octanol–water partition coefficient (Wildman–Crippen LogP) is 2.12. The average Bonchev–Trinajstić information content (AvgIpc) is 2.57. The number of nitrogens with zero attached hydrogens (tertiary/aromatic N) is 1. The van der Waals surface area contributed by atoms with Crippen molar-refractivity contribution in [3.05, 3.63) is 24.3 Å². The predicted molar refractivity (Wildman–Crippen MR) is 70.2 cm³/mol. The summed E-state index contributed by atoms with van der Waals surface area (Å²) in [6.45, 7) is 2.16. The van der Waals surface area contributed by atoms with E-state index in [0.717, 1.165) is 30.1 Å². The lowest BCUT2D eigenvalue weighted by molar-refractivity contribution is 0.632. The van der Waals surface area contributed by atoms with Gasteiger partial charge in [-0.15, -0.1) is 0 Å². The Bertz CT molecular complexity index is 450. The Morgan fingerprint density at radius 1 is 1.24 bits per heavy atom. The normalized spacial score (nSPS) is 21.3. The topological polar surface area (TPSA) is 52.7 Å². The quantitative estimate of drug-likeness (QED) is 0.740. The van der Waals surface area contributed by atoms with Crippen molar-refractivity contribution in [1.29, 1.82) is 0 Å². The third-order valence-electron chi connectivity index (χ3n) is 3.28. The van der Waals surface area contributed by atoms with Crippen LogP contribution < -0.4 is 10.6 Å². The Morgan fingerprint density at radius 3 is 3.12 bits per heavy atom. The molecule has 0 saturated carbocycles. The Labute approximate surface area is 101 Å². The minimum absolute atomic E-state index is 0.484. The molecule has 0 radical (unpaired) electrons. The van der Waals surface area contributed by atoms with Gasteiger partial charge in [-0.05, 0) is 31.5 Å². The summed E-state index contributed by atoms with van der Waals surface area (Å²) in [7, 11) is 0. The molecular formula is C13H18N4. The highest BCUT2D eigenvalue weighted by atomic mass is 15.1. The van der Waals surface area contributed by atoms with Gasteiger partial charge in [0.05, 0.1) is 11.0 Å². The fraction of sp³-hybridized carbons (Fsp3) is 0.462. The number of nitrogens with one attached hydrogen (secondary N) is 3. The molecule has 0 amide bonds. The molecule has 1 aromatic carbocycles. The van der Waals surface area contributed by atoms with E-state index in [0.29, 0.717) is 6.04 Å². The first-order valence-corrected chi connectivity index (χ1v) is 6.34. The molecule has 1 aliphatic heterocycles. The van der Waals surface area contributed by atoms with Gasteiger partial charge < -0.3 is 15.6 Å².